The zero-order valence-electron chi connectivity index (χ0n) is 10.4. The zero-order chi connectivity index (χ0) is 13.4. The molecule has 1 heterocycles. The van der Waals surface area contributed by atoms with E-state index < -0.39 is 17.7 Å². The van der Waals surface area contributed by atoms with E-state index in [0.717, 1.165) is 16.5 Å². The van der Waals surface area contributed by atoms with Crippen LogP contribution in [0.3, 0.4) is 0 Å². The summed E-state index contributed by atoms with van der Waals surface area (Å²) in [7, 11) is 0. The normalized spacial score (nSPS) is 12.8. The Hall–Kier alpha value is -1.26. The first kappa shape index (κ1) is 13.2. The highest BCUT2D eigenvalue weighted by Gasteiger charge is 2.20. The molecule has 0 amide bonds. The SMILES string of the molecule is Cc1cc(C)c(C(O)c2cc(C)c(F)cc2F)s1. The molecule has 1 N–H and O–H groups in total. The van der Waals surface area contributed by atoms with Gasteiger partial charge in [0, 0.05) is 21.4 Å². The lowest BCUT2D eigenvalue weighted by Crippen LogP contribution is -2.03. The van der Waals surface area contributed by atoms with Gasteiger partial charge in [0.05, 0.1) is 0 Å². The lowest BCUT2D eigenvalue weighted by atomic mass is 10.0. The maximum Gasteiger partial charge on any atom is 0.132 e. The zero-order valence-corrected chi connectivity index (χ0v) is 11.2. The van der Waals surface area contributed by atoms with E-state index in [2.05, 4.69) is 0 Å². The number of halogens is 2. The maximum absolute atomic E-state index is 13.7. The molecule has 0 bridgehead atoms. The average molecular weight is 268 g/mol. The van der Waals surface area contributed by atoms with Crippen molar-refractivity contribution in [1.82, 2.24) is 0 Å². The standard InChI is InChI=1S/C14H14F2OS/c1-7-5-10(12(16)6-11(7)15)13(17)14-8(2)4-9(3)18-14/h4-6,13,17H,1-3H3. The number of aliphatic hydroxyl groups is 1. The van der Waals surface area contributed by atoms with Crippen LogP contribution in [0.1, 0.15) is 32.5 Å². The minimum absolute atomic E-state index is 0.124. The first-order valence-electron chi connectivity index (χ1n) is 5.60. The Balaban J connectivity index is 2.49. The van der Waals surface area contributed by atoms with Crippen LogP contribution in [-0.4, -0.2) is 5.11 Å². The molecule has 1 nitrogen and oxygen atoms in total. The summed E-state index contributed by atoms with van der Waals surface area (Å²) in [5.41, 5.74) is 1.38. The van der Waals surface area contributed by atoms with Gasteiger partial charge < -0.3 is 5.11 Å². The highest BCUT2D eigenvalue weighted by Crippen LogP contribution is 2.33. The second-order valence-electron chi connectivity index (χ2n) is 4.43. The van der Waals surface area contributed by atoms with E-state index in [9.17, 15) is 13.9 Å². The monoisotopic (exact) mass is 268 g/mol. The van der Waals surface area contributed by atoms with E-state index in [-0.39, 0.29) is 5.56 Å². The fourth-order valence-corrected chi connectivity index (χ4v) is 3.00. The largest absolute Gasteiger partial charge is 0.383 e. The molecule has 1 atom stereocenters. The third-order valence-corrected chi connectivity index (χ3v) is 4.11. The molecule has 0 aliphatic heterocycles. The Bertz CT molecular complexity index is 590. The maximum atomic E-state index is 13.7. The van der Waals surface area contributed by atoms with Crippen LogP contribution in [0.15, 0.2) is 18.2 Å². The van der Waals surface area contributed by atoms with Gasteiger partial charge in [0.2, 0.25) is 0 Å². The number of benzene rings is 1. The summed E-state index contributed by atoms with van der Waals surface area (Å²) in [5.74, 6) is -1.31. The highest BCUT2D eigenvalue weighted by atomic mass is 32.1. The van der Waals surface area contributed by atoms with Crippen LogP contribution in [-0.2, 0) is 0 Å². The van der Waals surface area contributed by atoms with Gasteiger partial charge in [-0.15, -0.1) is 11.3 Å². The predicted molar refractivity (Wildman–Crippen MR) is 68.9 cm³/mol. The number of aliphatic hydroxyl groups excluding tert-OH is 1. The molecule has 18 heavy (non-hydrogen) atoms. The topological polar surface area (TPSA) is 20.2 Å². The quantitative estimate of drug-likeness (QED) is 0.871. The predicted octanol–water partition coefficient (Wildman–Crippen LogP) is 4.03. The summed E-state index contributed by atoms with van der Waals surface area (Å²) >= 11 is 1.43. The Morgan fingerprint density at radius 1 is 1.00 bits per heavy atom. The van der Waals surface area contributed by atoms with Crippen LogP contribution in [0, 0.1) is 32.4 Å². The van der Waals surface area contributed by atoms with Gasteiger partial charge >= 0.3 is 0 Å². The van der Waals surface area contributed by atoms with Crippen LogP contribution < -0.4 is 0 Å². The summed E-state index contributed by atoms with van der Waals surface area (Å²) in [6, 6.07) is 4.13. The number of rotatable bonds is 2. The molecule has 96 valence electrons. The van der Waals surface area contributed by atoms with E-state index in [0.29, 0.717) is 10.4 Å². The lowest BCUT2D eigenvalue weighted by molar-refractivity contribution is 0.217. The van der Waals surface area contributed by atoms with Gasteiger partial charge in [0.1, 0.15) is 17.7 Å². The summed E-state index contributed by atoms with van der Waals surface area (Å²) in [4.78, 5) is 1.76. The van der Waals surface area contributed by atoms with E-state index in [1.54, 1.807) is 6.92 Å². The van der Waals surface area contributed by atoms with Crippen molar-refractivity contribution >= 4 is 11.3 Å². The number of aryl methyl sites for hydroxylation is 3. The van der Waals surface area contributed by atoms with Gasteiger partial charge in [0.15, 0.2) is 0 Å². The van der Waals surface area contributed by atoms with E-state index in [1.165, 1.54) is 17.4 Å². The third-order valence-electron chi connectivity index (χ3n) is 2.90. The summed E-state index contributed by atoms with van der Waals surface area (Å²) < 4.78 is 26.9. The van der Waals surface area contributed by atoms with Crippen molar-refractivity contribution in [3.8, 4) is 0 Å². The molecular weight excluding hydrogens is 254 g/mol. The van der Waals surface area contributed by atoms with Gasteiger partial charge in [-0.2, -0.15) is 0 Å². The molecule has 2 aromatic rings. The molecule has 0 spiro atoms. The van der Waals surface area contributed by atoms with E-state index >= 15 is 0 Å². The first-order valence-corrected chi connectivity index (χ1v) is 6.42. The fourth-order valence-electron chi connectivity index (χ4n) is 1.96. The molecule has 0 aliphatic carbocycles. The highest BCUT2D eigenvalue weighted by molar-refractivity contribution is 7.12. The number of hydrogen-bond acceptors (Lipinski definition) is 2. The molecule has 0 saturated heterocycles. The molecule has 0 saturated carbocycles. The van der Waals surface area contributed by atoms with Gasteiger partial charge in [-0.3, -0.25) is 0 Å². The molecule has 0 fully saturated rings. The number of hydrogen-bond donors (Lipinski definition) is 1. The van der Waals surface area contributed by atoms with Crippen molar-refractivity contribution in [2.45, 2.75) is 26.9 Å². The van der Waals surface area contributed by atoms with Crippen LogP contribution in [0.4, 0.5) is 8.78 Å². The molecule has 1 unspecified atom stereocenters. The minimum Gasteiger partial charge on any atom is -0.383 e. The smallest absolute Gasteiger partial charge is 0.132 e. The molecule has 4 heteroatoms. The van der Waals surface area contributed by atoms with Crippen LogP contribution >= 0.6 is 11.3 Å². The van der Waals surface area contributed by atoms with Crippen LogP contribution in [0.2, 0.25) is 0 Å². The summed E-state index contributed by atoms with van der Waals surface area (Å²) in [6.07, 6.45) is -1.04. The van der Waals surface area contributed by atoms with Crippen molar-refractivity contribution in [1.29, 1.82) is 0 Å². The van der Waals surface area contributed by atoms with Gasteiger partial charge in [-0.05, 0) is 44.0 Å². The minimum atomic E-state index is -1.04. The Morgan fingerprint density at radius 2 is 1.67 bits per heavy atom. The lowest BCUT2D eigenvalue weighted by Gasteiger charge is -2.13. The Labute approximate surface area is 109 Å². The van der Waals surface area contributed by atoms with E-state index in [1.807, 2.05) is 19.9 Å². The van der Waals surface area contributed by atoms with Gasteiger partial charge in [0.25, 0.3) is 0 Å². The molecule has 0 radical (unpaired) electrons. The van der Waals surface area contributed by atoms with Gasteiger partial charge in [-0.25, -0.2) is 8.78 Å². The Morgan fingerprint density at radius 3 is 2.22 bits per heavy atom. The molecule has 0 aliphatic rings. The second-order valence-corrected chi connectivity index (χ2v) is 5.72. The summed E-state index contributed by atoms with van der Waals surface area (Å²) in [5, 5.41) is 10.2. The van der Waals surface area contributed by atoms with Crippen molar-refractivity contribution in [2.24, 2.45) is 0 Å². The van der Waals surface area contributed by atoms with Crippen molar-refractivity contribution < 1.29 is 13.9 Å². The molecule has 1 aromatic heterocycles. The molecule has 1 aromatic carbocycles. The van der Waals surface area contributed by atoms with Gasteiger partial charge in [-0.1, -0.05) is 0 Å². The first-order chi connectivity index (χ1) is 8.40. The fraction of sp³-hybridized carbons (Fsp3) is 0.286. The van der Waals surface area contributed by atoms with E-state index in [4.69, 9.17) is 0 Å². The Kier molecular flexibility index (Phi) is 3.50. The molecular formula is C14H14F2OS. The van der Waals surface area contributed by atoms with Crippen molar-refractivity contribution in [3.63, 3.8) is 0 Å². The number of thiophene rings is 1. The summed E-state index contributed by atoms with van der Waals surface area (Å²) in [6.45, 7) is 5.36. The average Bonchev–Trinajstić information content (AvgIpc) is 2.62. The third kappa shape index (κ3) is 2.31. The second kappa shape index (κ2) is 4.78. The van der Waals surface area contributed by atoms with Crippen LogP contribution in [0.5, 0.6) is 0 Å². The van der Waals surface area contributed by atoms with Crippen molar-refractivity contribution in [2.75, 3.05) is 0 Å². The van der Waals surface area contributed by atoms with Crippen LogP contribution in [0.25, 0.3) is 0 Å². The molecule has 2 rings (SSSR count). The van der Waals surface area contributed by atoms with Crippen molar-refractivity contribution in [3.05, 3.63) is 56.3 Å².